The molecule has 40 heavy (non-hydrogen) atoms. The molecule has 0 atom stereocenters. The Balaban J connectivity index is 1.81. The minimum Gasteiger partial charge on any atom is -0.491 e. The zero-order chi connectivity index (χ0) is 29.3. The van der Waals surface area contributed by atoms with Gasteiger partial charge in [0.2, 0.25) is 0 Å². The molecule has 0 saturated heterocycles. The molecule has 15 nitrogen and oxygen atoms in total. The number of ether oxygens (including phenoxy) is 1. The molecular weight excluding hydrogens is 590 g/mol. The molecule has 0 spiro atoms. The molecule has 214 valence electrons. The molecule has 0 heterocycles. The summed E-state index contributed by atoms with van der Waals surface area (Å²) < 4.78 is 74.2. The minimum atomic E-state index is -4.73. The second kappa shape index (κ2) is 13.7. The van der Waals surface area contributed by atoms with Crippen LogP contribution in [0, 0.1) is 6.92 Å². The zero-order valence-corrected chi connectivity index (χ0v) is 23.1. The van der Waals surface area contributed by atoms with Gasteiger partial charge in [0, 0.05) is 11.0 Å². The Kier molecular flexibility index (Phi) is 10.7. The predicted molar refractivity (Wildman–Crippen MR) is 144 cm³/mol. The van der Waals surface area contributed by atoms with Crippen LogP contribution in [0.2, 0.25) is 0 Å². The Morgan fingerprint density at radius 3 is 2.17 bits per heavy atom. The lowest BCUT2D eigenvalue weighted by atomic mass is 10.1. The van der Waals surface area contributed by atoms with E-state index in [4.69, 9.17) is 20.3 Å². The second-order valence-corrected chi connectivity index (χ2v) is 11.6. The van der Waals surface area contributed by atoms with Gasteiger partial charge in [0.05, 0.1) is 47.2 Å². The van der Waals surface area contributed by atoms with Crippen LogP contribution in [0.1, 0.15) is 12.0 Å². The molecule has 0 aromatic heterocycles. The van der Waals surface area contributed by atoms with Gasteiger partial charge in [-0.05, 0) is 67.4 Å². The number of azo groups is 2. The fourth-order valence-corrected chi connectivity index (χ4v) is 4.54. The number of hydrogen-bond donors (Lipinski definition) is 4. The highest BCUT2D eigenvalue weighted by Gasteiger charge is 2.17. The lowest BCUT2D eigenvalue weighted by Crippen LogP contribution is -2.09. The first-order chi connectivity index (χ1) is 18.9. The summed E-state index contributed by atoms with van der Waals surface area (Å²) in [6.07, 6.45) is 0.0177. The smallest absolute Gasteiger partial charge is 0.296 e. The summed E-state index contributed by atoms with van der Waals surface area (Å²) in [6, 6.07) is 13.1. The third-order valence-electron chi connectivity index (χ3n) is 4.90. The fourth-order valence-electron chi connectivity index (χ4n) is 3.06. The largest absolute Gasteiger partial charge is 0.491 e. The van der Waals surface area contributed by atoms with Crippen LogP contribution in [-0.4, -0.2) is 43.6 Å². The second-order valence-electron chi connectivity index (χ2n) is 7.91. The molecule has 0 aliphatic carbocycles. The average Bonchev–Trinajstić information content (AvgIpc) is 2.89. The van der Waals surface area contributed by atoms with Crippen LogP contribution in [0.4, 0.5) is 28.4 Å². The van der Waals surface area contributed by atoms with Crippen LogP contribution in [-0.2, 0) is 29.6 Å². The standard InChI is InChI=1S/C22H23N5O10S3/c1-14-11-18(23)21(35-9-2-10-39(29,30)31)13-20(14)27-26-19-8-5-16(12-22(19)40(32,33)34)25-24-15-3-6-17(7-4-15)38-37-36-28/h3-8,11-13,28H,2,9-10,23H2,1H3,(H,29,30,31)(H,32,33,34). The van der Waals surface area contributed by atoms with Gasteiger partial charge in [0.1, 0.15) is 16.3 Å². The van der Waals surface area contributed by atoms with Crippen LogP contribution < -0.4 is 10.5 Å². The van der Waals surface area contributed by atoms with E-state index < -0.39 is 30.9 Å². The third-order valence-corrected chi connectivity index (χ3v) is 7.18. The highest BCUT2D eigenvalue weighted by Crippen LogP contribution is 2.35. The van der Waals surface area contributed by atoms with Gasteiger partial charge < -0.3 is 10.5 Å². The summed E-state index contributed by atoms with van der Waals surface area (Å²) in [5.74, 6) is -0.303. The molecule has 0 saturated carbocycles. The van der Waals surface area contributed by atoms with Crippen molar-refractivity contribution in [3.05, 3.63) is 60.2 Å². The molecule has 18 heteroatoms. The van der Waals surface area contributed by atoms with Crippen molar-refractivity contribution >= 4 is 60.7 Å². The van der Waals surface area contributed by atoms with Crippen LogP contribution in [0.5, 0.6) is 5.75 Å². The zero-order valence-electron chi connectivity index (χ0n) is 20.6. The molecule has 0 unspecified atom stereocenters. The summed E-state index contributed by atoms with van der Waals surface area (Å²) in [7, 11) is -8.86. The van der Waals surface area contributed by atoms with E-state index in [1.807, 2.05) is 0 Å². The summed E-state index contributed by atoms with van der Waals surface area (Å²) in [6.45, 7) is 1.63. The lowest BCUT2D eigenvalue weighted by molar-refractivity contribution is -0.432. The van der Waals surface area contributed by atoms with Crippen molar-refractivity contribution in [2.24, 2.45) is 20.5 Å². The van der Waals surface area contributed by atoms with Crippen LogP contribution in [0.25, 0.3) is 0 Å². The van der Waals surface area contributed by atoms with Crippen LogP contribution in [0.15, 0.2) is 84.8 Å². The maximum Gasteiger partial charge on any atom is 0.296 e. The fraction of sp³-hybridized carbons (Fsp3) is 0.182. The number of hydrogen-bond acceptors (Lipinski definition) is 14. The molecule has 3 aromatic carbocycles. The number of rotatable bonds is 13. The molecule has 0 bridgehead atoms. The third kappa shape index (κ3) is 9.61. The quantitative estimate of drug-likeness (QED) is 0.0344. The van der Waals surface area contributed by atoms with E-state index in [1.165, 1.54) is 24.3 Å². The Bertz CT molecular complexity index is 1610. The predicted octanol–water partition coefficient (Wildman–Crippen LogP) is 5.74. The summed E-state index contributed by atoms with van der Waals surface area (Å²) in [5.41, 5.74) is 7.37. The first-order valence-corrected chi connectivity index (χ1v) is 14.8. The van der Waals surface area contributed by atoms with Crippen LogP contribution in [0.3, 0.4) is 0 Å². The molecule has 5 N–H and O–H groups in total. The van der Waals surface area contributed by atoms with E-state index in [1.54, 1.807) is 31.2 Å². The van der Waals surface area contributed by atoms with E-state index >= 15 is 0 Å². The normalized spacial score (nSPS) is 12.4. The number of nitrogens with two attached hydrogens (primary N) is 1. The van der Waals surface area contributed by atoms with E-state index in [-0.39, 0.29) is 41.5 Å². The van der Waals surface area contributed by atoms with E-state index in [0.717, 1.165) is 18.1 Å². The lowest BCUT2D eigenvalue weighted by Gasteiger charge is -2.11. The van der Waals surface area contributed by atoms with Gasteiger partial charge in [-0.25, -0.2) is 5.26 Å². The molecule has 0 fully saturated rings. The van der Waals surface area contributed by atoms with Crippen molar-refractivity contribution in [2.75, 3.05) is 18.1 Å². The molecular formula is C22H23N5O10S3. The van der Waals surface area contributed by atoms with Gasteiger partial charge in [-0.1, -0.05) is 5.04 Å². The number of aryl methyl sites for hydroxylation is 1. The van der Waals surface area contributed by atoms with Crippen LogP contribution >= 0.6 is 12.0 Å². The monoisotopic (exact) mass is 613 g/mol. The molecule has 0 amide bonds. The number of benzene rings is 3. The topological polar surface area (TPSA) is 232 Å². The SMILES string of the molecule is Cc1cc(N)c(OCCCS(=O)(=O)O)cc1N=Nc1ccc(N=Nc2ccc(SOOO)cc2)cc1S(=O)(=O)O. The highest BCUT2D eigenvalue weighted by atomic mass is 32.2. The molecule has 3 aromatic rings. The molecule has 0 aliphatic heterocycles. The Hall–Kier alpha value is -3.49. The minimum absolute atomic E-state index is 0.0177. The van der Waals surface area contributed by atoms with Crippen molar-refractivity contribution in [2.45, 2.75) is 23.1 Å². The summed E-state index contributed by atoms with van der Waals surface area (Å²) in [4.78, 5) is 0.0407. The Morgan fingerprint density at radius 1 is 0.875 bits per heavy atom. The first-order valence-electron chi connectivity index (χ1n) is 11.0. The van der Waals surface area contributed by atoms with Crippen molar-refractivity contribution in [1.29, 1.82) is 0 Å². The molecule has 0 radical (unpaired) electrons. The van der Waals surface area contributed by atoms with Gasteiger partial charge in [-0.15, -0.1) is 9.45 Å². The average molecular weight is 614 g/mol. The van der Waals surface area contributed by atoms with Crippen molar-refractivity contribution in [3.8, 4) is 5.75 Å². The van der Waals surface area contributed by atoms with Crippen molar-refractivity contribution in [1.82, 2.24) is 0 Å². The Labute approximate surface area is 233 Å². The maximum absolute atomic E-state index is 12.0. The van der Waals surface area contributed by atoms with Gasteiger partial charge in [0.25, 0.3) is 20.2 Å². The number of anilines is 1. The molecule has 0 aliphatic rings. The van der Waals surface area contributed by atoms with E-state index in [0.29, 0.717) is 16.1 Å². The van der Waals surface area contributed by atoms with E-state index in [2.05, 4.69) is 29.8 Å². The molecule has 3 rings (SSSR count). The first kappa shape index (κ1) is 31.0. The van der Waals surface area contributed by atoms with Gasteiger partial charge in [-0.3, -0.25) is 9.11 Å². The summed E-state index contributed by atoms with van der Waals surface area (Å²) in [5, 5.41) is 27.7. The van der Waals surface area contributed by atoms with Crippen molar-refractivity contribution in [3.63, 3.8) is 0 Å². The van der Waals surface area contributed by atoms with Gasteiger partial charge in [0.15, 0.2) is 0 Å². The van der Waals surface area contributed by atoms with E-state index in [9.17, 15) is 21.4 Å². The van der Waals surface area contributed by atoms with Gasteiger partial charge in [-0.2, -0.15) is 32.2 Å². The maximum atomic E-state index is 12.0. The van der Waals surface area contributed by atoms with Gasteiger partial charge >= 0.3 is 0 Å². The Morgan fingerprint density at radius 2 is 1.52 bits per heavy atom. The number of nitrogens with zero attached hydrogens (tertiary/aromatic N) is 4. The highest BCUT2D eigenvalue weighted by molar-refractivity contribution is 7.94. The summed E-state index contributed by atoms with van der Waals surface area (Å²) >= 11 is 0.760. The number of nitrogen functional groups attached to an aromatic ring is 1. The van der Waals surface area contributed by atoms with Crippen molar-refractivity contribution < 1.29 is 45.3 Å².